The molecule has 1 aromatic heterocycles. The van der Waals surface area contributed by atoms with Crippen LogP contribution in [0.25, 0.3) is 0 Å². The summed E-state index contributed by atoms with van der Waals surface area (Å²) in [7, 11) is 0. The summed E-state index contributed by atoms with van der Waals surface area (Å²) in [4.78, 5) is 20.0. The topological polar surface area (TPSA) is 45.2 Å². The van der Waals surface area contributed by atoms with Gasteiger partial charge >= 0.3 is 0 Å². The van der Waals surface area contributed by atoms with Gasteiger partial charge in [0.25, 0.3) is 0 Å². The Balaban J connectivity index is 1.55. The summed E-state index contributed by atoms with van der Waals surface area (Å²) in [5.74, 6) is 1.01. The van der Waals surface area contributed by atoms with E-state index in [4.69, 9.17) is 11.6 Å². The maximum atomic E-state index is 12.4. The quantitative estimate of drug-likeness (QED) is 0.771. The monoisotopic (exact) mass is 375 g/mol. The number of rotatable bonds is 6. The zero-order valence-electron chi connectivity index (χ0n) is 14.2. The van der Waals surface area contributed by atoms with Crippen molar-refractivity contribution in [1.82, 2.24) is 10.3 Å². The van der Waals surface area contributed by atoms with E-state index in [0.29, 0.717) is 11.6 Å². The molecule has 0 aliphatic carbocycles. The van der Waals surface area contributed by atoms with Crippen molar-refractivity contribution in [2.24, 2.45) is 0 Å². The summed E-state index contributed by atoms with van der Waals surface area (Å²) in [5, 5.41) is 3.48. The molecule has 1 fully saturated rings. The normalized spacial score (nSPS) is 15.2. The van der Waals surface area contributed by atoms with Gasteiger partial charge in [0, 0.05) is 30.7 Å². The van der Waals surface area contributed by atoms with Gasteiger partial charge in [-0.1, -0.05) is 23.7 Å². The van der Waals surface area contributed by atoms with Gasteiger partial charge in [-0.05, 0) is 49.6 Å². The molecule has 1 saturated heterocycles. The molecular weight excluding hydrogens is 354 g/mol. The van der Waals surface area contributed by atoms with Gasteiger partial charge in [0.05, 0.1) is 10.3 Å². The highest BCUT2D eigenvalue weighted by molar-refractivity contribution is 8.00. The van der Waals surface area contributed by atoms with E-state index in [2.05, 4.69) is 21.3 Å². The van der Waals surface area contributed by atoms with Crippen molar-refractivity contribution < 1.29 is 4.79 Å². The Kier molecular flexibility index (Phi) is 6.21. The number of hydrogen-bond donors (Lipinski definition) is 1. The van der Waals surface area contributed by atoms with E-state index in [1.54, 1.807) is 0 Å². The molecule has 1 N–H and O–H groups in total. The zero-order chi connectivity index (χ0) is 17.6. The van der Waals surface area contributed by atoms with Gasteiger partial charge in [-0.25, -0.2) is 4.98 Å². The highest BCUT2D eigenvalue weighted by Gasteiger charge is 2.16. The van der Waals surface area contributed by atoms with Crippen molar-refractivity contribution in [3.8, 4) is 0 Å². The summed E-state index contributed by atoms with van der Waals surface area (Å²) in [6.45, 7) is 4.53. The molecule has 0 radical (unpaired) electrons. The number of nitrogens with one attached hydrogen (secondary N) is 1. The number of hydrogen-bond acceptors (Lipinski definition) is 4. The van der Waals surface area contributed by atoms with Gasteiger partial charge in [-0.2, -0.15) is 0 Å². The van der Waals surface area contributed by atoms with Gasteiger partial charge in [-0.3, -0.25) is 4.79 Å². The van der Waals surface area contributed by atoms with Crippen molar-refractivity contribution in [3.63, 3.8) is 0 Å². The second kappa shape index (κ2) is 8.59. The van der Waals surface area contributed by atoms with Crippen LogP contribution in [-0.2, 0) is 11.3 Å². The fraction of sp³-hybridized carbons (Fsp3) is 0.368. The number of carbonyl (C=O) groups excluding carboxylic acids is 1. The average Bonchev–Trinajstić information content (AvgIpc) is 3.16. The molecule has 0 bridgehead atoms. The lowest BCUT2D eigenvalue weighted by atomic mass is 10.2. The van der Waals surface area contributed by atoms with Crippen molar-refractivity contribution in [2.45, 2.75) is 36.5 Å². The molecular formula is C19H22ClN3OS. The Labute approximate surface area is 158 Å². The lowest BCUT2D eigenvalue weighted by Crippen LogP contribution is -2.30. The van der Waals surface area contributed by atoms with Crippen LogP contribution in [0.2, 0.25) is 5.02 Å². The fourth-order valence-corrected chi connectivity index (χ4v) is 3.99. The number of nitrogens with zero attached hydrogens (tertiary/aromatic N) is 2. The van der Waals surface area contributed by atoms with Crippen LogP contribution in [0.5, 0.6) is 0 Å². The van der Waals surface area contributed by atoms with Gasteiger partial charge in [0.2, 0.25) is 5.91 Å². The number of amides is 1. The van der Waals surface area contributed by atoms with E-state index in [1.165, 1.54) is 24.6 Å². The minimum absolute atomic E-state index is 0.00412. The number of thioether (sulfide) groups is 1. The lowest BCUT2D eigenvalue weighted by Gasteiger charge is -2.17. The Morgan fingerprint density at radius 1 is 1.32 bits per heavy atom. The lowest BCUT2D eigenvalue weighted by molar-refractivity contribution is -0.120. The summed E-state index contributed by atoms with van der Waals surface area (Å²) in [6.07, 6.45) is 4.26. The third-order valence-corrected chi connectivity index (χ3v) is 5.84. The van der Waals surface area contributed by atoms with Crippen LogP contribution in [0.15, 0.2) is 47.5 Å². The van der Waals surface area contributed by atoms with Crippen LogP contribution in [0, 0.1) is 0 Å². The number of aromatic nitrogens is 1. The molecule has 0 saturated carbocycles. The first-order chi connectivity index (χ1) is 12.1. The molecule has 4 nitrogen and oxygen atoms in total. The number of anilines is 1. The minimum atomic E-state index is -0.209. The molecule has 0 spiro atoms. The van der Waals surface area contributed by atoms with Crippen LogP contribution in [0.1, 0.15) is 25.3 Å². The number of pyridine rings is 1. The molecule has 132 valence electrons. The Hall–Kier alpha value is -1.72. The molecule has 1 aromatic carbocycles. The van der Waals surface area contributed by atoms with Crippen molar-refractivity contribution in [3.05, 3.63) is 53.2 Å². The Bertz CT molecular complexity index is 734. The number of benzene rings is 1. The van der Waals surface area contributed by atoms with Crippen LogP contribution >= 0.6 is 23.4 Å². The smallest absolute Gasteiger partial charge is 0.233 e. The molecule has 3 rings (SSSR count). The number of halogens is 1. The van der Waals surface area contributed by atoms with Crippen LogP contribution in [-0.4, -0.2) is 29.2 Å². The SMILES string of the molecule is CC(Sc1ccccc1Cl)C(=O)NCc1ccnc(N2CCCC2)c1. The van der Waals surface area contributed by atoms with E-state index < -0.39 is 0 Å². The predicted octanol–water partition coefficient (Wildman–Crippen LogP) is 4.13. The van der Waals surface area contributed by atoms with Crippen LogP contribution in [0.3, 0.4) is 0 Å². The van der Waals surface area contributed by atoms with Gasteiger partial charge in [-0.15, -0.1) is 11.8 Å². The average molecular weight is 376 g/mol. The third-order valence-electron chi connectivity index (χ3n) is 4.22. The molecule has 6 heteroatoms. The molecule has 1 atom stereocenters. The Morgan fingerprint density at radius 3 is 2.84 bits per heavy atom. The standard InChI is InChI=1S/C19H22ClN3OS/c1-14(25-17-7-3-2-6-16(17)20)19(24)22-13-15-8-9-21-18(12-15)23-10-4-5-11-23/h2-3,6-9,12,14H,4-5,10-11,13H2,1H3,(H,22,24). The molecule has 1 aliphatic rings. The van der Waals surface area contributed by atoms with Crippen LogP contribution in [0.4, 0.5) is 5.82 Å². The molecule has 25 heavy (non-hydrogen) atoms. The van der Waals surface area contributed by atoms with E-state index in [1.807, 2.05) is 43.5 Å². The van der Waals surface area contributed by atoms with E-state index in [0.717, 1.165) is 29.4 Å². The number of carbonyl (C=O) groups is 1. The maximum absolute atomic E-state index is 12.4. The van der Waals surface area contributed by atoms with E-state index in [9.17, 15) is 4.79 Å². The maximum Gasteiger partial charge on any atom is 0.233 e. The highest BCUT2D eigenvalue weighted by atomic mass is 35.5. The van der Waals surface area contributed by atoms with Crippen molar-refractivity contribution >= 4 is 35.1 Å². The van der Waals surface area contributed by atoms with E-state index >= 15 is 0 Å². The van der Waals surface area contributed by atoms with Gasteiger partial charge < -0.3 is 10.2 Å². The minimum Gasteiger partial charge on any atom is -0.357 e. The summed E-state index contributed by atoms with van der Waals surface area (Å²) in [5.41, 5.74) is 1.07. The Morgan fingerprint density at radius 2 is 2.08 bits per heavy atom. The van der Waals surface area contributed by atoms with Gasteiger partial charge in [0.1, 0.15) is 5.82 Å². The largest absolute Gasteiger partial charge is 0.357 e. The molecule has 1 unspecified atom stereocenters. The zero-order valence-corrected chi connectivity index (χ0v) is 15.8. The van der Waals surface area contributed by atoms with E-state index in [-0.39, 0.29) is 11.2 Å². The molecule has 1 amide bonds. The third kappa shape index (κ3) is 4.89. The predicted molar refractivity (Wildman–Crippen MR) is 104 cm³/mol. The first kappa shape index (κ1) is 18.1. The fourth-order valence-electron chi connectivity index (χ4n) is 2.81. The summed E-state index contributed by atoms with van der Waals surface area (Å²) < 4.78 is 0. The van der Waals surface area contributed by atoms with Crippen LogP contribution < -0.4 is 10.2 Å². The molecule has 2 aromatic rings. The van der Waals surface area contributed by atoms with Crippen molar-refractivity contribution in [2.75, 3.05) is 18.0 Å². The first-order valence-corrected chi connectivity index (χ1v) is 9.78. The molecule has 1 aliphatic heterocycles. The van der Waals surface area contributed by atoms with Crippen molar-refractivity contribution in [1.29, 1.82) is 0 Å². The summed E-state index contributed by atoms with van der Waals surface area (Å²) >= 11 is 7.63. The highest BCUT2D eigenvalue weighted by Crippen LogP contribution is 2.30. The van der Waals surface area contributed by atoms with Gasteiger partial charge in [0.15, 0.2) is 0 Å². The summed E-state index contributed by atoms with van der Waals surface area (Å²) in [6, 6.07) is 11.6. The second-order valence-electron chi connectivity index (χ2n) is 6.12. The second-order valence-corrected chi connectivity index (χ2v) is 7.91. The molecule has 2 heterocycles. The first-order valence-electron chi connectivity index (χ1n) is 8.52.